The van der Waals surface area contributed by atoms with Gasteiger partial charge in [0.1, 0.15) is 11.5 Å². The standard InChI is InChI=1S/C13H10ClNO2/c1-9-12(6-3-7-15-9)17-13-5-2-4-11(14)10(13)8-16/h2-8H,1H3. The van der Waals surface area contributed by atoms with Crippen LogP contribution in [0.25, 0.3) is 0 Å². The van der Waals surface area contributed by atoms with Crippen molar-refractivity contribution >= 4 is 17.9 Å². The minimum absolute atomic E-state index is 0.345. The Morgan fingerprint density at radius 2 is 2.00 bits per heavy atom. The lowest BCUT2D eigenvalue weighted by atomic mass is 10.2. The summed E-state index contributed by atoms with van der Waals surface area (Å²) < 4.78 is 5.63. The van der Waals surface area contributed by atoms with Crippen LogP contribution < -0.4 is 4.74 Å². The van der Waals surface area contributed by atoms with Crippen molar-refractivity contribution in [1.82, 2.24) is 4.98 Å². The molecule has 2 rings (SSSR count). The minimum Gasteiger partial charge on any atom is -0.455 e. The summed E-state index contributed by atoms with van der Waals surface area (Å²) in [5.74, 6) is 1.04. The first-order chi connectivity index (χ1) is 8.22. The number of hydrogen-bond donors (Lipinski definition) is 0. The highest BCUT2D eigenvalue weighted by Gasteiger charge is 2.09. The van der Waals surface area contributed by atoms with Gasteiger partial charge in [0.2, 0.25) is 0 Å². The van der Waals surface area contributed by atoms with E-state index in [9.17, 15) is 4.79 Å². The van der Waals surface area contributed by atoms with E-state index >= 15 is 0 Å². The van der Waals surface area contributed by atoms with Gasteiger partial charge in [0.05, 0.1) is 16.3 Å². The molecule has 0 saturated heterocycles. The summed E-state index contributed by atoms with van der Waals surface area (Å²) in [6, 6.07) is 8.64. The topological polar surface area (TPSA) is 39.2 Å². The van der Waals surface area contributed by atoms with E-state index in [0.717, 1.165) is 5.69 Å². The summed E-state index contributed by atoms with van der Waals surface area (Å²) in [5.41, 5.74) is 1.10. The largest absolute Gasteiger partial charge is 0.455 e. The van der Waals surface area contributed by atoms with Crippen LogP contribution in [0.3, 0.4) is 0 Å². The molecule has 0 aliphatic rings. The van der Waals surface area contributed by atoms with Gasteiger partial charge >= 0.3 is 0 Å². The number of rotatable bonds is 3. The van der Waals surface area contributed by atoms with E-state index in [0.29, 0.717) is 28.4 Å². The predicted molar refractivity (Wildman–Crippen MR) is 65.9 cm³/mol. The molecule has 4 heteroatoms. The summed E-state index contributed by atoms with van der Waals surface area (Å²) in [6.45, 7) is 1.83. The lowest BCUT2D eigenvalue weighted by Gasteiger charge is -2.10. The van der Waals surface area contributed by atoms with Crippen molar-refractivity contribution in [1.29, 1.82) is 0 Å². The van der Waals surface area contributed by atoms with E-state index in [2.05, 4.69) is 4.98 Å². The van der Waals surface area contributed by atoms with Crippen LogP contribution in [0.5, 0.6) is 11.5 Å². The van der Waals surface area contributed by atoms with Gasteiger partial charge in [-0.25, -0.2) is 0 Å². The number of aromatic nitrogens is 1. The van der Waals surface area contributed by atoms with Crippen molar-refractivity contribution < 1.29 is 9.53 Å². The Labute approximate surface area is 104 Å². The van der Waals surface area contributed by atoms with Gasteiger partial charge in [-0.2, -0.15) is 0 Å². The maximum Gasteiger partial charge on any atom is 0.155 e. The number of nitrogens with zero attached hydrogens (tertiary/aromatic N) is 1. The van der Waals surface area contributed by atoms with E-state index in [1.807, 2.05) is 6.92 Å². The number of carbonyl (C=O) groups is 1. The van der Waals surface area contributed by atoms with E-state index in [4.69, 9.17) is 16.3 Å². The van der Waals surface area contributed by atoms with E-state index in [1.54, 1.807) is 36.5 Å². The highest BCUT2D eigenvalue weighted by atomic mass is 35.5. The van der Waals surface area contributed by atoms with Crippen LogP contribution >= 0.6 is 11.6 Å². The SMILES string of the molecule is Cc1ncccc1Oc1cccc(Cl)c1C=O. The van der Waals surface area contributed by atoms with E-state index in [-0.39, 0.29) is 0 Å². The van der Waals surface area contributed by atoms with Crippen LogP contribution in [0.2, 0.25) is 5.02 Å². The third-order valence-corrected chi connectivity index (χ3v) is 2.64. The molecule has 1 aromatic heterocycles. The number of pyridine rings is 1. The van der Waals surface area contributed by atoms with Crippen LogP contribution in [0.4, 0.5) is 0 Å². The normalized spacial score (nSPS) is 10.0. The summed E-state index contributed by atoms with van der Waals surface area (Å²) in [4.78, 5) is 15.1. The average Bonchev–Trinajstić information content (AvgIpc) is 2.32. The van der Waals surface area contributed by atoms with Crippen LogP contribution in [-0.4, -0.2) is 11.3 Å². The van der Waals surface area contributed by atoms with Gasteiger partial charge in [0.15, 0.2) is 6.29 Å². The molecule has 2 aromatic rings. The number of halogens is 1. The lowest BCUT2D eigenvalue weighted by molar-refractivity contribution is 0.112. The highest BCUT2D eigenvalue weighted by Crippen LogP contribution is 2.29. The number of carbonyl (C=O) groups excluding carboxylic acids is 1. The molecule has 0 unspecified atom stereocenters. The summed E-state index contributed by atoms with van der Waals surface area (Å²) in [6.07, 6.45) is 2.37. The Morgan fingerprint density at radius 3 is 2.71 bits per heavy atom. The molecular weight excluding hydrogens is 238 g/mol. The molecule has 0 saturated carbocycles. The van der Waals surface area contributed by atoms with E-state index < -0.39 is 0 Å². The van der Waals surface area contributed by atoms with Gasteiger partial charge in [0.25, 0.3) is 0 Å². The molecule has 0 radical (unpaired) electrons. The average molecular weight is 248 g/mol. The molecule has 1 heterocycles. The molecule has 3 nitrogen and oxygen atoms in total. The van der Waals surface area contributed by atoms with Crippen LogP contribution in [0.15, 0.2) is 36.5 Å². The molecule has 0 spiro atoms. The van der Waals surface area contributed by atoms with Crippen molar-refractivity contribution in [3.8, 4) is 11.5 Å². The fraction of sp³-hybridized carbons (Fsp3) is 0.0769. The fourth-order valence-electron chi connectivity index (χ4n) is 1.42. The zero-order chi connectivity index (χ0) is 12.3. The Morgan fingerprint density at radius 1 is 1.24 bits per heavy atom. The molecular formula is C13H10ClNO2. The lowest BCUT2D eigenvalue weighted by Crippen LogP contribution is -1.94. The summed E-state index contributed by atoms with van der Waals surface area (Å²) in [7, 11) is 0. The number of aryl methyl sites for hydroxylation is 1. The molecule has 17 heavy (non-hydrogen) atoms. The molecule has 0 bridgehead atoms. The monoisotopic (exact) mass is 247 g/mol. The molecule has 0 atom stereocenters. The van der Waals surface area contributed by atoms with Gasteiger partial charge in [-0.3, -0.25) is 9.78 Å². The third-order valence-electron chi connectivity index (χ3n) is 2.31. The molecule has 0 N–H and O–H groups in total. The predicted octanol–water partition coefficient (Wildman–Crippen LogP) is 3.65. The first-order valence-electron chi connectivity index (χ1n) is 5.05. The van der Waals surface area contributed by atoms with Crippen molar-refractivity contribution in [3.05, 3.63) is 52.8 Å². The van der Waals surface area contributed by atoms with Gasteiger partial charge in [0, 0.05) is 6.20 Å². The van der Waals surface area contributed by atoms with Crippen LogP contribution in [-0.2, 0) is 0 Å². The number of aldehydes is 1. The van der Waals surface area contributed by atoms with Gasteiger partial charge < -0.3 is 4.74 Å². The molecule has 0 aliphatic heterocycles. The molecule has 0 amide bonds. The fourth-order valence-corrected chi connectivity index (χ4v) is 1.63. The number of hydrogen-bond acceptors (Lipinski definition) is 3. The summed E-state index contributed by atoms with van der Waals surface area (Å²) >= 11 is 5.91. The van der Waals surface area contributed by atoms with Crippen LogP contribution in [0.1, 0.15) is 16.1 Å². The maximum absolute atomic E-state index is 10.9. The zero-order valence-corrected chi connectivity index (χ0v) is 9.94. The second-order valence-electron chi connectivity index (χ2n) is 3.46. The molecule has 0 aliphatic carbocycles. The first kappa shape index (κ1) is 11.6. The molecule has 1 aromatic carbocycles. The van der Waals surface area contributed by atoms with Gasteiger partial charge in [-0.05, 0) is 31.2 Å². The van der Waals surface area contributed by atoms with Crippen LogP contribution in [0, 0.1) is 6.92 Å². The molecule has 86 valence electrons. The first-order valence-corrected chi connectivity index (χ1v) is 5.43. The maximum atomic E-state index is 10.9. The van der Waals surface area contributed by atoms with Crippen molar-refractivity contribution in [2.75, 3.05) is 0 Å². The Balaban J connectivity index is 2.40. The second-order valence-corrected chi connectivity index (χ2v) is 3.87. The second kappa shape index (κ2) is 4.97. The highest BCUT2D eigenvalue weighted by molar-refractivity contribution is 6.33. The number of ether oxygens (including phenoxy) is 1. The Hall–Kier alpha value is -1.87. The van der Waals surface area contributed by atoms with Gasteiger partial charge in [-0.1, -0.05) is 17.7 Å². The van der Waals surface area contributed by atoms with Gasteiger partial charge in [-0.15, -0.1) is 0 Å². The Bertz CT molecular complexity index is 555. The summed E-state index contributed by atoms with van der Waals surface area (Å²) in [5, 5.41) is 0.374. The van der Waals surface area contributed by atoms with Crippen molar-refractivity contribution in [3.63, 3.8) is 0 Å². The quantitative estimate of drug-likeness (QED) is 0.777. The smallest absolute Gasteiger partial charge is 0.155 e. The zero-order valence-electron chi connectivity index (χ0n) is 9.18. The minimum atomic E-state index is 0.345. The van der Waals surface area contributed by atoms with Crippen molar-refractivity contribution in [2.24, 2.45) is 0 Å². The molecule has 0 fully saturated rings. The number of benzene rings is 1. The van der Waals surface area contributed by atoms with Crippen molar-refractivity contribution in [2.45, 2.75) is 6.92 Å². The Kier molecular flexibility index (Phi) is 3.40. The van der Waals surface area contributed by atoms with E-state index in [1.165, 1.54) is 0 Å². The third kappa shape index (κ3) is 2.45.